The van der Waals surface area contributed by atoms with Gasteiger partial charge in [0.05, 0.1) is 29.3 Å². The number of amides is 1. The maximum atomic E-state index is 11.7. The minimum atomic E-state index is -0.0895. The number of hydrogen-bond acceptors (Lipinski definition) is 4. The summed E-state index contributed by atoms with van der Waals surface area (Å²) in [5.41, 5.74) is 1.87. The summed E-state index contributed by atoms with van der Waals surface area (Å²) in [6.07, 6.45) is 1.30. The van der Waals surface area contributed by atoms with Gasteiger partial charge in [-0.05, 0) is 24.6 Å². The quantitative estimate of drug-likeness (QED) is 0.622. The Labute approximate surface area is 138 Å². The van der Waals surface area contributed by atoms with Gasteiger partial charge in [0.25, 0.3) is 0 Å². The molecule has 0 saturated heterocycles. The van der Waals surface area contributed by atoms with Crippen LogP contribution in [-0.2, 0) is 11.3 Å². The van der Waals surface area contributed by atoms with Crippen LogP contribution < -0.4 is 5.32 Å². The Kier molecular flexibility index (Phi) is 6.10. The molecule has 1 aromatic heterocycles. The topological polar surface area (TPSA) is 70.7 Å². The van der Waals surface area contributed by atoms with Crippen molar-refractivity contribution in [3.8, 4) is 6.07 Å². The summed E-state index contributed by atoms with van der Waals surface area (Å²) in [4.78, 5) is 16.3. The number of rotatable bonds is 7. The van der Waals surface area contributed by atoms with Crippen molar-refractivity contribution in [3.05, 3.63) is 23.2 Å². The SMILES string of the molecule is CCCn1c(SCC(=O)NCCC#N)nc2cc(Cl)ccc21. The number of aryl methyl sites for hydroxylation is 1. The minimum absolute atomic E-state index is 0.0895. The summed E-state index contributed by atoms with van der Waals surface area (Å²) in [5, 5.41) is 12.6. The summed E-state index contributed by atoms with van der Waals surface area (Å²) in [7, 11) is 0. The number of nitriles is 1. The molecule has 0 spiro atoms. The van der Waals surface area contributed by atoms with Gasteiger partial charge in [-0.3, -0.25) is 4.79 Å². The fraction of sp³-hybridized carbons (Fsp3) is 0.400. The number of fused-ring (bicyclic) bond motifs is 1. The van der Waals surface area contributed by atoms with Gasteiger partial charge in [0.1, 0.15) is 0 Å². The Bertz CT molecular complexity index is 707. The molecule has 1 N–H and O–H groups in total. The molecule has 1 heterocycles. The van der Waals surface area contributed by atoms with E-state index in [-0.39, 0.29) is 11.7 Å². The molecular formula is C15H17ClN4OS. The molecule has 0 fully saturated rings. The van der Waals surface area contributed by atoms with E-state index in [4.69, 9.17) is 16.9 Å². The zero-order valence-electron chi connectivity index (χ0n) is 12.3. The number of carbonyl (C=O) groups excluding carboxylic acids is 1. The molecule has 0 bridgehead atoms. The third kappa shape index (κ3) is 4.15. The maximum absolute atomic E-state index is 11.7. The zero-order valence-corrected chi connectivity index (χ0v) is 13.9. The number of thioether (sulfide) groups is 1. The van der Waals surface area contributed by atoms with Crippen LogP contribution in [0.15, 0.2) is 23.4 Å². The molecule has 0 atom stereocenters. The average Bonchev–Trinajstić information content (AvgIpc) is 2.83. The van der Waals surface area contributed by atoms with Crippen molar-refractivity contribution < 1.29 is 4.79 Å². The lowest BCUT2D eigenvalue weighted by molar-refractivity contribution is -0.118. The highest BCUT2D eigenvalue weighted by Gasteiger charge is 2.12. The number of aromatic nitrogens is 2. The molecule has 5 nitrogen and oxygen atoms in total. The van der Waals surface area contributed by atoms with E-state index in [1.807, 2.05) is 24.3 Å². The van der Waals surface area contributed by atoms with Gasteiger partial charge in [0.15, 0.2) is 5.16 Å². The van der Waals surface area contributed by atoms with E-state index in [1.54, 1.807) is 0 Å². The van der Waals surface area contributed by atoms with Crippen LogP contribution in [0.3, 0.4) is 0 Å². The number of hydrogen-bond donors (Lipinski definition) is 1. The van der Waals surface area contributed by atoms with E-state index in [0.717, 1.165) is 29.2 Å². The highest BCUT2D eigenvalue weighted by molar-refractivity contribution is 7.99. The summed E-state index contributed by atoms with van der Waals surface area (Å²) in [6, 6.07) is 7.63. The molecule has 0 radical (unpaired) electrons. The maximum Gasteiger partial charge on any atom is 0.230 e. The summed E-state index contributed by atoms with van der Waals surface area (Å²) < 4.78 is 2.11. The van der Waals surface area contributed by atoms with E-state index >= 15 is 0 Å². The van der Waals surface area contributed by atoms with E-state index in [9.17, 15) is 4.79 Å². The van der Waals surface area contributed by atoms with Crippen molar-refractivity contribution in [2.45, 2.75) is 31.5 Å². The largest absolute Gasteiger partial charge is 0.354 e. The van der Waals surface area contributed by atoms with Gasteiger partial charge in [-0.2, -0.15) is 5.26 Å². The zero-order chi connectivity index (χ0) is 15.9. The molecule has 2 rings (SSSR count). The predicted octanol–water partition coefficient (Wildman–Crippen LogP) is 3.22. The average molecular weight is 337 g/mol. The first-order chi connectivity index (χ1) is 10.7. The van der Waals surface area contributed by atoms with Crippen LogP contribution in [0.1, 0.15) is 19.8 Å². The van der Waals surface area contributed by atoms with Gasteiger partial charge in [-0.15, -0.1) is 0 Å². The van der Waals surface area contributed by atoms with Crippen molar-refractivity contribution in [1.29, 1.82) is 5.26 Å². The third-order valence-electron chi connectivity index (χ3n) is 3.01. The van der Waals surface area contributed by atoms with Gasteiger partial charge < -0.3 is 9.88 Å². The number of imidazole rings is 1. The molecule has 1 amide bonds. The Balaban J connectivity index is 2.11. The van der Waals surface area contributed by atoms with Crippen LogP contribution in [0.5, 0.6) is 0 Å². The lowest BCUT2D eigenvalue weighted by Gasteiger charge is -2.07. The van der Waals surface area contributed by atoms with Crippen LogP contribution >= 0.6 is 23.4 Å². The van der Waals surface area contributed by atoms with E-state index in [2.05, 4.69) is 21.8 Å². The lowest BCUT2D eigenvalue weighted by Crippen LogP contribution is -2.26. The van der Waals surface area contributed by atoms with Crippen LogP contribution in [0.4, 0.5) is 0 Å². The van der Waals surface area contributed by atoms with Gasteiger partial charge in [0.2, 0.25) is 5.91 Å². The van der Waals surface area contributed by atoms with Crippen molar-refractivity contribution >= 4 is 40.3 Å². The number of benzene rings is 1. The van der Waals surface area contributed by atoms with Crippen molar-refractivity contribution in [1.82, 2.24) is 14.9 Å². The molecule has 0 saturated carbocycles. The predicted molar refractivity (Wildman–Crippen MR) is 89.0 cm³/mol. The fourth-order valence-corrected chi connectivity index (χ4v) is 3.11. The fourth-order valence-electron chi connectivity index (χ4n) is 2.07. The molecule has 0 aliphatic carbocycles. The van der Waals surface area contributed by atoms with E-state index < -0.39 is 0 Å². The second-order valence-corrected chi connectivity index (χ2v) is 6.10. The molecule has 116 valence electrons. The Morgan fingerprint density at radius 2 is 2.36 bits per heavy atom. The van der Waals surface area contributed by atoms with Crippen LogP contribution in [0, 0.1) is 11.3 Å². The van der Waals surface area contributed by atoms with Crippen LogP contribution in [0.2, 0.25) is 5.02 Å². The standard InChI is InChI=1S/C15H17ClN4OS/c1-2-8-20-13-5-4-11(16)9-12(13)19-15(20)22-10-14(21)18-7-3-6-17/h4-5,9H,2-3,7-8,10H2,1H3,(H,18,21). The number of carbonyl (C=O) groups is 1. The second kappa shape index (κ2) is 8.06. The van der Waals surface area contributed by atoms with Gasteiger partial charge in [0, 0.05) is 18.1 Å². The normalized spacial score (nSPS) is 10.6. The molecule has 0 aliphatic heterocycles. The second-order valence-electron chi connectivity index (χ2n) is 4.73. The van der Waals surface area contributed by atoms with Crippen molar-refractivity contribution in [3.63, 3.8) is 0 Å². The van der Waals surface area contributed by atoms with Crippen LogP contribution in [0.25, 0.3) is 11.0 Å². The van der Waals surface area contributed by atoms with Crippen molar-refractivity contribution in [2.75, 3.05) is 12.3 Å². The molecule has 22 heavy (non-hydrogen) atoms. The Morgan fingerprint density at radius 3 is 3.09 bits per heavy atom. The first-order valence-corrected chi connectivity index (χ1v) is 8.44. The smallest absolute Gasteiger partial charge is 0.230 e. The summed E-state index contributed by atoms with van der Waals surface area (Å²) in [6.45, 7) is 3.33. The molecule has 0 aliphatic rings. The first-order valence-electron chi connectivity index (χ1n) is 7.08. The molecule has 0 unspecified atom stereocenters. The molecule has 2 aromatic rings. The number of halogens is 1. The summed E-state index contributed by atoms with van der Waals surface area (Å²) >= 11 is 7.41. The Hall–Kier alpha value is -1.71. The van der Waals surface area contributed by atoms with Gasteiger partial charge in [-0.1, -0.05) is 30.3 Å². The highest BCUT2D eigenvalue weighted by Crippen LogP contribution is 2.26. The molecule has 1 aromatic carbocycles. The number of nitrogens with zero attached hydrogens (tertiary/aromatic N) is 3. The minimum Gasteiger partial charge on any atom is -0.354 e. The van der Waals surface area contributed by atoms with Crippen molar-refractivity contribution in [2.24, 2.45) is 0 Å². The lowest BCUT2D eigenvalue weighted by atomic mass is 10.3. The summed E-state index contributed by atoms with van der Waals surface area (Å²) in [5.74, 6) is 0.194. The monoisotopic (exact) mass is 336 g/mol. The van der Waals surface area contributed by atoms with E-state index in [0.29, 0.717) is 18.0 Å². The first kappa shape index (κ1) is 16.7. The van der Waals surface area contributed by atoms with Gasteiger partial charge in [-0.25, -0.2) is 4.98 Å². The molecular weight excluding hydrogens is 320 g/mol. The van der Waals surface area contributed by atoms with Gasteiger partial charge >= 0.3 is 0 Å². The molecule has 7 heteroatoms. The van der Waals surface area contributed by atoms with E-state index in [1.165, 1.54) is 11.8 Å². The third-order valence-corrected chi connectivity index (χ3v) is 4.23. The van der Waals surface area contributed by atoms with Crippen LogP contribution in [-0.4, -0.2) is 27.8 Å². The number of nitrogens with one attached hydrogen (secondary N) is 1. The Morgan fingerprint density at radius 1 is 1.55 bits per heavy atom. The highest BCUT2D eigenvalue weighted by atomic mass is 35.5.